The normalized spacial score (nSPS) is 12.1. The first-order chi connectivity index (χ1) is 15.2. The van der Waals surface area contributed by atoms with E-state index in [2.05, 4.69) is 10.0 Å². The van der Waals surface area contributed by atoms with Crippen LogP contribution in [0.4, 0.5) is 11.4 Å². The van der Waals surface area contributed by atoms with Gasteiger partial charge in [-0.15, -0.1) is 0 Å². The molecule has 0 radical (unpaired) electrons. The minimum Gasteiger partial charge on any atom is -0.479 e. The average Bonchev–Trinajstić information content (AvgIpc) is 2.76. The Morgan fingerprint density at radius 2 is 1.59 bits per heavy atom. The van der Waals surface area contributed by atoms with E-state index in [1.807, 2.05) is 6.92 Å². The second kappa shape index (κ2) is 10.4. The van der Waals surface area contributed by atoms with Gasteiger partial charge in [-0.05, 0) is 55.0 Å². The first-order valence-electron chi connectivity index (χ1n) is 9.50. The van der Waals surface area contributed by atoms with Crippen LogP contribution in [0.5, 0.6) is 5.75 Å². The summed E-state index contributed by atoms with van der Waals surface area (Å²) in [6.45, 7) is 1.81. The molecule has 3 aromatic rings. The number of carbonyl (C=O) groups is 1. The minimum atomic E-state index is -3.91. The van der Waals surface area contributed by atoms with Crippen LogP contribution in [0.3, 0.4) is 0 Å². The summed E-state index contributed by atoms with van der Waals surface area (Å²) >= 11 is 18.1. The first kappa shape index (κ1) is 24.2. The monoisotopic (exact) mass is 512 g/mol. The summed E-state index contributed by atoms with van der Waals surface area (Å²) in [5.74, 6) is 0.0234. The van der Waals surface area contributed by atoms with Crippen molar-refractivity contribution in [2.75, 3.05) is 10.0 Å². The Hall–Kier alpha value is -2.45. The van der Waals surface area contributed by atoms with Crippen LogP contribution in [0.25, 0.3) is 0 Å². The zero-order chi connectivity index (χ0) is 23.3. The number of ether oxygens (including phenoxy) is 1. The first-order valence-corrected chi connectivity index (χ1v) is 12.1. The van der Waals surface area contributed by atoms with E-state index < -0.39 is 16.1 Å². The summed E-state index contributed by atoms with van der Waals surface area (Å²) in [6.07, 6.45) is -0.363. The number of hydrogen-bond donors (Lipinski definition) is 2. The van der Waals surface area contributed by atoms with Crippen molar-refractivity contribution in [1.29, 1.82) is 0 Å². The van der Waals surface area contributed by atoms with Gasteiger partial charge in [0, 0.05) is 5.69 Å². The van der Waals surface area contributed by atoms with E-state index in [1.165, 1.54) is 30.3 Å². The van der Waals surface area contributed by atoms with E-state index in [4.69, 9.17) is 39.5 Å². The van der Waals surface area contributed by atoms with Gasteiger partial charge in [-0.25, -0.2) is 8.42 Å². The Balaban J connectivity index is 1.70. The molecule has 0 aromatic heterocycles. The van der Waals surface area contributed by atoms with Crippen molar-refractivity contribution in [2.24, 2.45) is 0 Å². The zero-order valence-electron chi connectivity index (χ0n) is 16.8. The van der Waals surface area contributed by atoms with E-state index in [0.717, 1.165) is 0 Å². The molecule has 0 saturated carbocycles. The molecule has 3 aromatic carbocycles. The number of carbonyl (C=O) groups excluding carboxylic acids is 1. The van der Waals surface area contributed by atoms with Gasteiger partial charge >= 0.3 is 0 Å². The van der Waals surface area contributed by atoms with Gasteiger partial charge in [0.25, 0.3) is 15.9 Å². The molecule has 0 aliphatic heterocycles. The molecule has 168 valence electrons. The van der Waals surface area contributed by atoms with E-state index in [0.29, 0.717) is 22.9 Å². The fraction of sp³-hybridized carbons (Fsp3) is 0.136. The predicted molar refractivity (Wildman–Crippen MR) is 129 cm³/mol. The fourth-order valence-corrected chi connectivity index (χ4v) is 4.40. The number of nitrogens with one attached hydrogen (secondary N) is 2. The molecule has 0 unspecified atom stereocenters. The lowest BCUT2D eigenvalue weighted by molar-refractivity contribution is -0.122. The average molecular weight is 514 g/mol. The Bertz CT molecular complexity index is 1220. The maximum Gasteiger partial charge on any atom is 0.265 e. The lowest BCUT2D eigenvalue weighted by atomic mass is 10.2. The smallest absolute Gasteiger partial charge is 0.265 e. The van der Waals surface area contributed by atoms with Gasteiger partial charge in [0.15, 0.2) is 6.10 Å². The Labute approximate surface area is 201 Å². The SMILES string of the molecule is CC[C@@H](Oc1ccccc1Cl)C(=O)Nc1ccc(S(=O)(=O)Nc2cccc(Cl)c2Cl)cc1. The number of sulfonamides is 1. The molecule has 0 fully saturated rings. The number of amides is 1. The van der Waals surface area contributed by atoms with Crippen LogP contribution in [-0.4, -0.2) is 20.4 Å². The van der Waals surface area contributed by atoms with Gasteiger partial charge in [0.2, 0.25) is 0 Å². The third-order valence-electron chi connectivity index (χ3n) is 4.40. The van der Waals surface area contributed by atoms with Crippen molar-refractivity contribution in [3.63, 3.8) is 0 Å². The van der Waals surface area contributed by atoms with Crippen molar-refractivity contribution < 1.29 is 17.9 Å². The lowest BCUT2D eigenvalue weighted by Crippen LogP contribution is -2.32. The van der Waals surface area contributed by atoms with E-state index >= 15 is 0 Å². The van der Waals surface area contributed by atoms with Crippen LogP contribution in [0.2, 0.25) is 15.1 Å². The summed E-state index contributed by atoms with van der Waals surface area (Å²) in [6, 6.07) is 17.2. The summed E-state index contributed by atoms with van der Waals surface area (Å²) in [5, 5.41) is 3.45. The third-order valence-corrected chi connectivity index (χ3v) is 6.91. The predicted octanol–water partition coefficient (Wildman–Crippen LogP) is 6.24. The van der Waals surface area contributed by atoms with Crippen molar-refractivity contribution in [2.45, 2.75) is 24.3 Å². The number of halogens is 3. The summed E-state index contributed by atoms with van der Waals surface area (Å²) in [7, 11) is -3.91. The number of benzene rings is 3. The van der Waals surface area contributed by atoms with Gasteiger partial charge in [-0.1, -0.05) is 59.9 Å². The highest BCUT2D eigenvalue weighted by molar-refractivity contribution is 7.92. The highest BCUT2D eigenvalue weighted by Gasteiger charge is 2.21. The molecule has 0 saturated heterocycles. The maximum atomic E-state index is 12.7. The number of rotatable bonds is 8. The van der Waals surface area contributed by atoms with Crippen molar-refractivity contribution in [1.82, 2.24) is 0 Å². The van der Waals surface area contributed by atoms with Crippen LogP contribution in [0, 0.1) is 0 Å². The Kier molecular flexibility index (Phi) is 7.90. The molecule has 3 rings (SSSR count). The standard InChI is InChI=1S/C22H19Cl3N2O4S/c1-2-19(31-20-9-4-3-6-16(20)23)22(28)26-14-10-12-15(13-11-14)32(29,30)27-18-8-5-7-17(24)21(18)25/h3-13,19,27H,2H2,1H3,(H,26,28)/t19-/m1/s1. The molecule has 0 bridgehead atoms. The highest BCUT2D eigenvalue weighted by atomic mass is 35.5. The van der Waals surface area contributed by atoms with Crippen LogP contribution < -0.4 is 14.8 Å². The van der Waals surface area contributed by atoms with Gasteiger partial charge in [0.05, 0.1) is 25.7 Å². The Morgan fingerprint density at radius 1 is 0.938 bits per heavy atom. The second-order valence-electron chi connectivity index (χ2n) is 6.67. The Morgan fingerprint density at radius 3 is 2.25 bits per heavy atom. The van der Waals surface area contributed by atoms with Gasteiger partial charge in [-0.2, -0.15) is 0 Å². The van der Waals surface area contributed by atoms with Crippen LogP contribution in [0.15, 0.2) is 71.6 Å². The van der Waals surface area contributed by atoms with Crippen molar-refractivity contribution >= 4 is 62.1 Å². The number of para-hydroxylation sites is 1. The number of anilines is 2. The fourth-order valence-electron chi connectivity index (χ4n) is 2.74. The van der Waals surface area contributed by atoms with Crippen molar-refractivity contribution in [3.05, 3.63) is 81.8 Å². The topological polar surface area (TPSA) is 84.5 Å². The van der Waals surface area contributed by atoms with E-state index in [9.17, 15) is 13.2 Å². The molecule has 1 amide bonds. The largest absolute Gasteiger partial charge is 0.479 e. The van der Waals surface area contributed by atoms with Gasteiger partial charge < -0.3 is 10.1 Å². The summed E-state index contributed by atoms with van der Waals surface area (Å²) in [4.78, 5) is 12.6. The van der Waals surface area contributed by atoms with E-state index in [-0.39, 0.29) is 26.5 Å². The maximum absolute atomic E-state index is 12.7. The molecule has 0 aliphatic carbocycles. The van der Waals surface area contributed by atoms with Gasteiger partial charge in [-0.3, -0.25) is 9.52 Å². The summed E-state index contributed by atoms with van der Waals surface area (Å²) < 4.78 is 33.4. The molecular weight excluding hydrogens is 495 g/mol. The van der Waals surface area contributed by atoms with E-state index in [1.54, 1.807) is 36.4 Å². The highest BCUT2D eigenvalue weighted by Crippen LogP contribution is 2.31. The van der Waals surface area contributed by atoms with Crippen LogP contribution in [-0.2, 0) is 14.8 Å². The molecule has 0 heterocycles. The summed E-state index contributed by atoms with van der Waals surface area (Å²) in [5.41, 5.74) is 0.579. The number of hydrogen-bond acceptors (Lipinski definition) is 4. The van der Waals surface area contributed by atoms with Crippen molar-refractivity contribution in [3.8, 4) is 5.75 Å². The molecule has 10 heteroatoms. The molecule has 1 atom stereocenters. The second-order valence-corrected chi connectivity index (χ2v) is 9.54. The molecule has 32 heavy (non-hydrogen) atoms. The lowest BCUT2D eigenvalue weighted by Gasteiger charge is -2.18. The molecule has 6 nitrogen and oxygen atoms in total. The third kappa shape index (κ3) is 5.86. The zero-order valence-corrected chi connectivity index (χ0v) is 19.9. The quantitative estimate of drug-likeness (QED) is 0.373. The van der Waals surface area contributed by atoms with Gasteiger partial charge in [0.1, 0.15) is 5.75 Å². The minimum absolute atomic E-state index is 0.00843. The molecule has 2 N–H and O–H groups in total. The molecule has 0 aliphatic rings. The van der Waals surface area contributed by atoms with Crippen LogP contribution >= 0.6 is 34.8 Å². The molecule has 0 spiro atoms. The van der Waals surface area contributed by atoms with Crippen LogP contribution in [0.1, 0.15) is 13.3 Å². The molecular formula is C22H19Cl3N2O4S.